The number of allylic oxidation sites excluding steroid dienone is 1. The monoisotopic (exact) mass is 595 g/mol. The summed E-state index contributed by atoms with van der Waals surface area (Å²) in [6.45, 7) is 7.36. The second kappa shape index (κ2) is 12.9. The molecule has 2 aliphatic heterocycles. The summed E-state index contributed by atoms with van der Waals surface area (Å²) in [6, 6.07) is 26.8. The Morgan fingerprint density at radius 1 is 1.02 bits per heavy atom. The van der Waals surface area contributed by atoms with Gasteiger partial charge in [0.15, 0.2) is 0 Å². The third kappa shape index (κ3) is 6.48. The molecule has 0 amide bonds. The molecule has 2 heterocycles. The Morgan fingerprint density at radius 2 is 1.66 bits per heavy atom. The van der Waals surface area contributed by atoms with Crippen LogP contribution < -0.4 is 0 Å². The second-order valence-electron chi connectivity index (χ2n) is 11.8. The molecular weight excluding hydrogens is 558 g/mol. The van der Waals surface area contributed by atoms with Gasteiger partial charge in [-0.1, -0.05) is 72.8 Å². The molecule has 0 aliphatic carbocycles. The molecule has 1 fully saturated rings. The van der Waals surface area contributed by atoms with Gasteiger partial charge >= 0.3 is 11.9 Å². The van der Waals surface area contributed by atoms with Gasteiger partial charge in [-0.25, -0.2) is 4.79 Å². The van der Waals surface area contributed by atoms with Crippen LogP contribution in [0.2, 0.25) is 0 Å². The number of nitro benzene ring substituents is 1. The number of carbonyl (C=O) groups is 2. The van der Waals surface area contributed by atoms with Gasteiger partial charge in [-0.2, -0.15) is 0 Å². The number of non-ortho nitro benzene ring substituents is 1. The first-order valence-corrected chi connectivity index (χ1v) is 14.7. The van der Waals surface area contributed by atoms with Gasteiger partial charge in [0.1, 0.15) is 11.5 Å². The number of methoxy groups -OCH3 is 1. The molecule has 3 atom stereocenters. The van der Waals surface area contributed by atoms with Crippen molar-refractivity contribution >= 4 is 23.3 Å². The summed E-state index contributed by atoms with van der Waals surface area (Å²) >= 11 is 0. The standard InChI is InChI=1S/C35H37N3O6/c1-23-30(33(39)43-4)32(27-16-11-17-28(20-27)38(41)42)31(24(2)36-23)34(40)44-35(3)18-19-37(22-35)21-29(25-12-7-5-8-13-25)26-14-9-6-10-15-26/h5-17,20,29-30,32H,18-19,21-22H2,1-4H3. The molecule has 1 saturated heterocycles. The van der Waals surface area contributed by atoms with E-state index in [-0.39, 0.29) is 17.2 Å². The number of nitro groups is 1. The molecule has 9 nitrogen and oxygen atoms in total. The van der Waals surface area contributed by atoms with E-state index in [1.165, 1.54) is 30.4 Å². The van der Waals surface area contributed by atoms with Crippen molar-refractivity contribution in [3.8, 4) is 0 Å². The highest BCUT2D eigenvalue weighted by Crippen LogP contribution is 2.42. The number of rotatable bonds is 9. The molecule has 0 bridgehead atoms. The van der Waals surface area contributed by atoms with Gasteiger partial charge in [-0.05, 0) is 37.5 Å². The number of esters is 2. The highest BCUT2D eigenvalue weighted by Gasteiger charge is 2.45. The summed E-state index contributed by atoms with van der Waals surface area (Å²) < 4.78 is 11.4. The largest absolute Gasteiger partial charge is 0.468 e. The van der Waals surface area contributed by atoms with Crippen LogP contribution in [0.3, 0.4) is 0 Å². The molecule has 0 radical (unpaired) electrons. The van der Waals surface area contributed by atoms with E-state index in [0.29, 0.717) is 29.9 Å². The highest BCUT2D eigenvalue weighted by molar-refractivity contribution is 6.07. The van der Waals surface area contributed by atoms with Crippen LogP contribution in [-0.2, 0) is 19.1 Å². The smallest absolute Gasteiger partial charge is 0.337 e. The molecule has 3 aromatic carbocycles. The lowest BCUT2D eigenvalue weighted by Crippen LogP contribution is -2.40. The van der Waals surface area contributed by atoms with E-state index in [9.17, 15) is 19.7 Å². The maximum Gasteiger partial charge on any atom is 0.337 e. The van der Waals surface area contributed by atoms with Crippen LogP contribution >= 0.6 is 0 Å². The van der Waals surface area contributed by atoms with E-state index < -0.39 is 34.3 Å². The first kappa shape index (κ1) is 30.8. The van der Waals surface area contributed by atoms with Crippen molar-refractivity contribution in [1.82, 2.24) is 4.90 Å². The lowest BCUT2D eigenvalue weighted by atomic mass is 9.75. The van der Waals surface area contributed by atoms with Crippen LogP contribution in [0.25, 0.3) is 0 Å². The Balaban J connectivity index is 1.41. The molecule has 9 heteroatoms. The Bertz CT molecular complexity index is 1560. The predicted molar refractivity (Wildman–Crippen MR) is 167 cm³/mol. The summed E-state index contributed by atoms with van der Waals surface area (Å²) in [5.41, 5.74) is 3.04. The quantitative estimate of drug-likeness (QED) is 0.168. The third-order valence-electron chi connectivity index (χ3n) is 8.64. The summed E-state index contributed by atoms with van der Waals surface area (Å²) in [6.07, 6.45) is 0.631. The number of hydrogen-bond acceptors (Lipinski definition) is 8. The molecule has 3 unspecified atom stereocenters. The second-order valence-corrected chi connectivity index (χ2v) is 11.8. The van der Waals surface area contributed by atoms with Gasteiger partial charge in [0.2, 0.25) is 0 Å². The minimum Gasteiger partial charge on any atom is -0.468 e. The van der Waals surface area contributed by atoms with E-state index in [4.69, 9.17) is 9.47 Å². The fourth-order valence-corrected chi connectivity index (χ4v) is 6.50. The molecule has 3 aromatic rings. The fraction of sp³-hybridized carbons (Fsp3) is 0.343. The van der Waals surface area contributed by atoms with Crippen LogP contribution in [0, 0.1) is 16.0 Å². The van der Waals surface area contributed by atoms with Gasteiger partial charge in [-0.3, -0.25) is 24.8 Å². The number of carbonyl (C=O) groups excluding carboxylic acids is 2. The van der Waals surface area contributed by atoms with E-state index >= 15 is 0 Å². The van der Waals surface area contributed by atoms with Crippen molar-refractivity contribution in [2.45, 2.75) is 44.6 Å². The Morgan fingerprint density at radius 3 is 2.25 bits per heavy atom. The summed E-state index contributed by atoms with van der Waals surface area (Å²) in [5.74, 6) is -2.80. The topological polar surface area (TPSA) is 111 Å². The van der Waals surface area contributed by atoms with Crippen LogP contribution in [-0.4, -0.2) is 59.8 Å². The van der Waals surface area contributed by atoms with E-state index in [2.05, 4.69) is 34.2 Å². The Hall–Kier alpha value is -4.63. The average Bonchev–Trinajstić information content (AvgIpc) is 3.39. The maximum absolute atomic E-state index is 14.1. The van der Waals surface area contributed by atoms with E-state index in [0.717, 1.165) is 13.1 Å². The lowest BCUT2D eigenvalue weighted by Gasteiger charge is -2.33. The van der Waals surface area contributed by atoms with Crippen LogP contribution in [0.1, 0.15) is 55.7 Å². The first-order valence-electron chi connectivity index (χ1n) is 14.7. The summed E-state index contributed by atoms with van der Waals surface area (Å²) in [4.78, 5) is 45.0. The number of likely N-dealkylation sites (tertiary alicyclic amines) is 1. The van der Waals surface area contributed by atoms with Gasteiger partial charge in [0.25, 0.3) is 5.69 Å². The average molecular weight is 596 g/mol. The number of aliphatic imine (C=N–C) groups is 1. The predicted octanol–water partition coefficient (Wildman–Crippen LogP) is 6.06. The molecule has 228 valence electrons. The van der Waals surface area contributed by atoms with Crippen molar-refractivity contribution in [2.24, 2.45) is 10.9 Å². The SMILES string of the molecule is COC(=O)C1C(C)=NC(C)=C(C(=O)OC2(C)CCN(CC(c3ccccc3)c3ccccc3)C2)C1c1cccc([N+](=O)[O-])c1. The van der Waals surface area contributed by atoms with Crippen molar-refractivity contribution in [3.05, 3.63) is 123 Å². The third-order valence-corrected chi connectivity index (χ3v) is 8.64. The zero-order chi connectivity index (χ0) is 31.4. The molecule has 44 heavy (non-hydrogen) atoms. The van der Waals surface area contributed by atoms with Crippen molar-refractivity contribution < 1.29 is 24.0 Å². The van der Waals surface area contributed by atoms with Gasteiger partial charge in [0, 0.05) is 61.4 Å². The number of nitrogens with zero attached hydrogens (tertiary/aromatic N) is 3. The molecule has 5 rings (SSSR count). The van der Waals surface area contributed by atoms with Crippen molar-refractivity contribution in [1.29, 1.82) is 0 Å². The van der Waals surface area contributed by atoms with Crippen LogP contribution in [0.5, 0.6) is 0 Å². The minimum atomic E-state index is -0.932. The fourth-order valence-electron chi connectivity index (χ4n) is 6.50. The summed E-state index contributed by atoms with van der Waals surface area (Å²) in [5, 5.41) is 11.6. The molecule has 0 saturated carbocycles. The highest BCUT2D eigenvalue weighted by atomic mass is 16.6. The zero-order valence-corrected chi connectivity index (χ0v) is 25.4. The molecule has 0 spiro atoms. The minimum absolute atomic E-state index is 0.138. The molecule has 0 aromatic heterocycles. The van der Waals surface area contributed by atoms with E-state index in [1.807, 2.05) is 43.3 Å². The number of ether oxygens (including phenoxy) is 2. The lowest BCUT2D eigenvalue weighted by molar-refractivity contribution is -0.384. The van der Waals surface area contributed by atoms with E-state index in [1.54, 1.807) is 26.0 Å². The first-order chi connectivity index (χ1) is 21.1. The number of benzene rings is 3. The number of hydrogen-bond donors (Lipinski definition) is 0. The van der Waals surface area contributed by atoms with Crippen LogP contribution in [0.4, 0.5) is 5.69 Å². The normalized spacial score (nSPS) is 22.1. The molecular formula is C35H37N3O6. The maximum atomic E-state index is 14.1. The van der Waals surface area contributed by atoms with Gasteiger partial charge < -0.3 is 9.47 Å². The Kier molecular flexibility index (Phi) is 9.06. The Labute approximate surface area is 257 Å². The van der Waals surface area contributed by atoms with Crippen LogP contribution in [0.15, 0.2) is 101 Å². The molecule has 2 aliphatic rings. The van der Waals surface area contributed by atoms with Gasteiger partial charge in [-0.15, -0.1) is 0 Å². The summed E-state index contributed by atoms with van der Waals surface area (Å²) in [7, 11) is 1.27. The van der Waals surface area contributed by atoms with Crippen molar-refractivity contribution in [2.75, 3.05) is 26.7 Å². The zero-order valence-electron chi connectivity index (χ0n) is 25.4. The van der Waals surface area contributed by atoms with Gasteiger partial charge in [0.05, 0.1) is 17.6 Å². The van der Waals surface area contributed by atoms with Crippen molar-refractivity contribution in [3.63, 3.8) is 0 Å². The molecule has 0 N–H and O–H groups in total.